The Morgan fingerprint density at radius 2 is 1.74 bits per heavy atom. The lowest BCUT2D eigenvalue weighted by Gasteiger charge is -2.20. The van der Waals surface area contributed by atoms with E-state index in [1.165, 1.54) is 18.4 Å². The number of rotatable bonds is 14. The van der Waals surface area contributed by atoms with Gasteiger partial charge < -0.3 is 19.6 Å². The fraction of sp³-hybridized carbons (Fsp3) is 0.333. The van der Waals surface area contributed by atoms with Crippen LogP contribution in [0.3, 0.4) is 0 Å². The minimum absolute atomic E-state index is 0.0567. The summed E-state index contributed by atoms with van der Waals surface area (Å²) in [6.07, 6.45) is 4.56. The second-order valence-electron chi connectivity index (χ2n) is 10.3. The number of para-hydroxylation sites is 1. The Labute approximate surface area is 229 Å². The number of hydrogen-bond donors (Lipinski definition) is 2. The summed E-state index contributed by atoms with van der Waals surface area (Å²) in [5, 5.41) is 9.89. The highest BCUT2D eigenvalue weighted by Crippen LogP contribution is 2.33. The van der Waals surface area contributed by atoms with Crippen LogP contribution in [0.25, 0.3) is 10.9 Å². The zero-order valence-electron chi connectivity index (χ0n) is 22.3. The van der Waals surface area contributed by atoms with Crippen molar-refractivity contribution in [2.75, 3.05) is 13.2 Å². The molecule has 1 aliphatic carbocycles. The van der Waals surface area contributed by atoms with Crippen molar-refractivity contribution in [2.24, 2.45) is 5.92 Å². The molecule has 0 radical (unpaired) electrons. The number of aliphatic carboxylic acids is 1. The van der Waals surface area contributed by atoms with Crippen molar-refractivity contribution in [3.8, 4) is 5.75 Å². The molecule has 2 N–H and O–H groups in total. The molecule has 0 saturated heterocycles. The van der Waals surface area contributed by atoms with Gasteiger partial charge in [-0.05, 0) is 86.4 Å². The van der Waals surface area contributed by atoms with Crippen molar-refractivity contribution >= 4 is 22.7 Å². The molecule has 4 aromatic rings. The van der Waals surface area contributed by atoms with Gasteiger partial charge in [0, 0.05) is 35.2 Å². The van der Waals surface area contributed by atoms with Gasteiger partial charge in [0.2, 0.25) is 0 Å². The minimum atomic E-state index is -0.841. The lowest BCUT2D eigenvalue weighted by molar-refractivity contribution is -0.137. The monoisotopic (exact) mass is 525 g/mol. The molecule has 6 nitrogen and oxygen atoms in total. The zero-order valence-corrected chi connectivity index (χ0v) is 22.3. The van der Waals surface area contributed by atoms with E-state index in [1.807, 2.05) is 43.3 Å². The summed E-state index contributed by atoms with van der Waals surface area (Å²) >= 11 is 0. The van der Waals surface area contributed by atoms with Crippen LogP contribution in [0, 0.1) is 5.92 Å². The number of hydrogen-bond acceptors (Lipinski definition) is 4. The molecule has 0 unspecified atom stereocenters. The number of carbonyl (C=O) groups is 2. The molecule has 6 heteroatoms. The summed E-state index contributed by atoms with van der Waals surface area (Å²) < 4.78 is 12.1. The van der Waals surface area contributed by atoms with Gasteiger partial charge in [0.05, 0.1) is 12.2 Å². The number of carboxylic acids is 1. The molecule has 0 aliphatic heterocycles. The van der Waals surface area contributed by atoms with E-state index in [9.17, 15) is 9.59 Å². The summed E-state index contributed by atoms with van der Waals surface area (Å²) in [5.41, 5.74) is 5.21. The van der Waals surface area contributed by atoms with Crippen LogP contribution < -0.4 is 4.74 Å². The van der Waals surface area contributed by atoms with Crippen molar-refractivity contribution in [1.82, 2.24) is 4.98 Å². The molecule has 1 heterocycles. The summed E-state index contributed by atoms with van der Waals surface area (Å²) in [4.78, 5) is 28.0. The molecule has 1 fully saturated rings. The molecular weight excluding hydrogens is 490 g/mol. The van der Waals surface area contributed by atoms with E-state index in [4.69, 9.17) is 14.6 Å². The maximum Gasteiger partial charge on any atom is 0.303 e. The zero-order chi connectivity index (χ0) is 27.2. The Balaban J connectivity index is 1.33. The van der Waals surface area contributed by atoms with E-state index >= 15 is 0 Å². The molecule has 39 heavy (non-hydrogen) atoms. The normalized spacial score (nSPS) is 13.9. The molecular formula is C33H35NO5. The van der Waals surface area contributed by atoms with Crippen molar-refractivity contribution in [2.45, 2.75) is 51.6 Å². The molecule has 3 aromatic carbocycles. The van der Waals surface area contributed by atoms with E-state index in [0.717, 1.165) is 34.5 Å². The number of aryl methyl sites for hydroxylation is 1. The van der Waals surface area contributed by atoms with Crippen LogP contribution in [0.5, 0.6) is 5.75 Å². The Morgan fingerprint density at radius 3 is 2.44 bits per heavy atom. The van der Waals surface area contributed by atoms with Crippen LogP contribution in [0.15, 0.2) is 72.8 Å². The van der Waals surface area contributed by atoms with Crippen LogP contribution in [0.1, 0.15) is 71.5 Å². The minimum Gasteiger partial charge on any atom is -0.483 e. The summed E-state index contributed by atoms with van der Waals surface area (Å²) in [7, 11) is 0. The van der Waals surface area contributed by atoms with Gasteiger partial charge in [-0.25, -0.2) is 0 Å². The van der Waals surface area contributed by atoms with E-state index in [0.29, 0.717) is 42.9 Å². The SMILES string of the molecule is CCOC[C@H](Oc1ccc(C(=O)c2c(CCCC(=O)O)[nH]c3ccccc23)cc1)c1ccc(CC2CC2)cc1. The molecule has 202 valence electrons. The number of ketones is 1. The standard InChI is InChI=1S/C33H35NO5/c1-2-38-21-30(24-14-12-23(13-15-24)20-22-10-11-22)39-26-18-16-25(17-19-26)33(37)32-27-6-3-4-7-28(27)34-29(32)8-5-9-31(35)36/h3-4,6-7,12-19,22,30,34H,2,5,8-11,20-21H2,1H3,(H,35,36)/t30-/m0/s1. The summed E-state index contributed by atoms with van der Waals surface area (Å²) in [6, 6.07) is 23.5. The third-order valence-corrected chi connectivity index (χ3v) is 7.27. The highest BCUT2D eigenvalue weighted by atomic mass is 16.5. The first kappa shape index (κ1) is 26.7. The van der Waals surface area contributed by atoms with Crippen molar-refractivity contribution in [3.63, 3.8) is 0 Å². The first-order valence-corrected chi connectivity index (χ1v) is 13.8. The fourth-order valence-corrected chi connectivity index (χ4v) is 5.00. The van der Waals surface area contributed by atoms with E-state index in [2.05, 4.69) is 29.2 Å². The summed E-state index contributed by atoms with van der Waals surface area (Å²) in [5.74, 6) is 0.574. The number of benzene rings is 3. The van der Waals surface area contributed by atoms with Gasteiger partial charge in [0.15, 0.2) is 5.78 Å². The second kappa shape index (κ2) is 12.3. The highest BCUT2D eigenvalue weighted by molar-refractivity contribution is 6.17. The largest absolute Gasteiger partial charge is 0.483 e. The Bertz CT molecular complexity index is 1420. The van der Waals surface area contributed by atoms with Gasteiger partial charge in [0.25, 0.3) is 0 Å². The topological polar surface area (TPSA) is 88.6 Å². The molecule has 5 rings (SSSR count). The third-order valence-electron chi connectivity index (χ3n) is 7.27. The molecule has 0 spiro atoms. The van der Waals surface area contributed by atoms with Crippen LogP contribution >= 0.6 is 0 Å². The van der Waals surface area contributed by atoms with E-state index in [-0.39, 0.29) is 18.3 Å². The average Bonchev–Trinajstić information content (AvgIpc) is 3.69. The highest BCUT2D eigenvalue weighted by Gasteiger charge is 2.22. The van der Waals surface area contributed by atoms with E-state index in [1.54, 1.807) is 12.1 Å². The van der Waals surface area contributed by atoms with E-state index < -0.39 is 5.97 Å². The quantitative estimate of drug-likeness (QED) is 0.175. The molecule has 0 bridgehead atoms. The lowest BCUT2D eigenvalue weighted by Crippen LogP contribution is -2.15. The number of ether oxygens (including phenoxy) is 2. The number of aromatic amines is 1. The van der Waals surface area contributed by atoms with Crippen molar-refractivity contribution in [1.29, 1.82) is 0 Å². The average molecular weight is 526 g/mol. The van der Waals surface area contributed by atoms with Crippen molar-refractivity contribution in [3.05, 3.63) is 101 Å². The lowest BCUT2D eigenvalue weighted by atomic mass is 9.98. The first-order chi connectivity index (χ1) is 19.0. The molecule has 1 aromatic heterocycles. The molecule has 0 amide bonds. The predicted octanol–water partition coefficient (Wildman–Crippen LogP) is 6.92. The van der Waals surface area contributed by atoms with Crippen LogP contribution in [-0.4, -0.2) is 35.1 Å². The second-order valence-corrected chi connectivity index (χ2v) is 10.3. The maximum atomic E-state index is 13.7. The van der Waals surface area contributed by atoms with Crippen molar-refractivity contribution < 1.29 is 24.2 Å². The van der Waals surface area contributed by atoms with Gasteiger partial charge in [-0.15, -0.1) is 0 Å². The van der Waals surface area contributed by atoms with Crippen LogP contribution in [0.2, 0.25) is 0 Å². The predicted molar refractivity (Wildman–Crippen MR) is 151 cm³/mol. The molecule has 1 saturated carbocycles. The number of aromatic nitrogens is 1. The number of fused-ring (bicyclic) bond motifs is 1. The van der Waals surface area contributed by atoms with Crippen LogP contribution in [-0.2, 0) is 22.4 Å². The number of carbonyl (C=O) groups excluding carboxylic acids is 1. The smallest absolute Gasteiger partial charge is 0.303 e. The Hall–Kier alpha value is -3.90. The van der Waals surface area contributed by atoms with Gasteiger partial charge in [-0.2, -0.15) is 0 Å². The van der Waals surface area contributed by atoms with Crippen LogP contribution in [0.4, 0.5) is 0 Å². The van der Waals surface area contributed by atoms with Gasteiger partial charge >= 0.3 is 5.97 Å². The van der Waals surface area contributed by atoms with Gasteiger partial charge in [-0.3, -0.25) is 9.59 Å². The Kier molecular flexibility index (Phi) is 8.42. The van der Waals surface area contributed by atoms with Gasteiger partial charge in [-0.1, -0.05) is 42.5 Å². The summed E-state index contributed by atoms with van der Waals surface area (Å²) in [6.45, 7) is 3.01. The fourth-order valence-electron chi connectivity index (χ4n) is 5.00. The first-order valence-electron chi connectivity index (χ1n) is 13.8. The third kappa shape index (κ3) is 6.76. The number of carboxylic acid groups (broad SMARTS) is 1. The van der Waals surface area contributed by atoms with Gasteiger partial charge in [0.1, 0.15) is 11.9 Å². The number of H-pyrrole nitrogens is 1. The number of nitrogens with one attached hydrogen (secondary N) is 1. The molecule has 1 atom stereocenters. The Morgan fingerprint density at radius 1 is 1.00 bits per heavy atom. The maximum absolute atomic E-state index is 13.7. The molecule has 1 aliphatic rings.